The molecule has 2 N–H and O–H groups in total. The summed E-state index contributed by atoms with van der Waals surface area (Å²) >= 11 is 0. The fraction of sp³-hybridized carbons (Fsp3) is 0.375. The molecule has 0 radical (unpaired) electrons. The minimum atomic E-state index is -1.21. The van der Waals surface area contributed by atoms with Crippen molar-refractivity contribution >= 4 is 23.0 Å². The average Bonchev–Trinajstić information content (AvgIpc) is 3.48. The zero-order valence-electron chi connectivity index (χ0n) is 24.3. The molecule has 0 unspecified atom stereocenters. The number of aliphatic hydroxyl groups is 1. The highest BCUT2D eigenvalue weighted by Gasteiger charge is 2.41. The summed E-state index contributed by atoms with van der Waals surface area (Å²) in [7, 11) is 1.38. The first kappa shape index (κ1) is 29.4. The Bertz CT molecular complexity index is 1750. The van der Waals surface area contributed by atoms with Gasteiger partial charge in [0.05, 0.1) is 30.3 Å². The number of nitrogens with zero attached hydrogens (tertiary/aromatic N) is 5. The van der Waals surface area contributed by atoms with Gasteiger partial charge in [0.15, 0.2) is 17.2 Å². The Morgan fingerprint density at radius 3 is 2.52 bits per heavy atom. The van der Waals surface area contributed by atoms with E-state index in [0.717, 1.165) is 5.56 Å². The van der Waals surface area contributed by atoms with Crippen molar-refractivity contribution in [2.75, 3.05) is 33.3 Å². The Morgan fingerprint density at radius 1 is 1.07 bits per heavy atom. The second kappa shape index (κ2) is 11.8. The van der Waals surface area contributed by atoms with Crippen LogP contribution in [0.25, 0.3) is 16.7 Å². The number of carbonyl (C=O) groups excluding carboxylic acids is 1. The van der Waals surface area contributed by atoms with Crippen molar-refractivity contribution in [3.8, 4) is 11.4 Å². The Kier molecular flexibility index (Phi) is 7.85. The second-order valence-electron chi connectivity index (χ2n) is 11.6. The molecule has 230 valence electrons. The summed E-state index contributed by atoms with van der Waals surface area (Å²) in [5, 5.41) is 21.4. The number of piperidine rings is 2. The number of aromatic nitrogens is 3. The van der Waals surface area contributed by atoms with Crippen molar-refractivity contribution in [3.05, 3.63) is 88.9 Å². The fourth-order valence-corrected chi connectivity index (χ4v) is 6.49. The van der Waals surface area contributed by atoms with Gasteiger partial charge in [-0.25, -0.2) is 14.2 Å². The molecule has 2 atom stereocenters. The number of methoxy groups -OCH3 is 1. The van der Waals surface area contributed by atoms with Crippen LogP contribution in [0.15, 0.2) is 71.9 Å². The van der Waals surface area contributed by atoms with Crippen molar-refractivity contribution < 1.29 is 28.9 Å². The van der Waals surface area contributed by atoms with E-state index in [1.807, 2.05) is 30.3 Å². The number of benzene rings is 2. The second-order valence-corrected chi connectivity index (χ2v) is 11.6. The molecule has 4 aromatic rings. The van der Waals surface area contributed by atoms with Crippen LogP contribution >= 0.6 is 0 Å². The molecule has 2 amide bonds. The van der Waals surface area contributed by atoms with Crippen LogP contribution in [-0.2, 0) is 11.3 Å². The number of rotatable bonds is 6. The Morgan fingerprint density at radius 2 is 1.82 bits per heavy atom. The normalized spacial score (nSPS) is 20.1. The zero-order chi connectivity index (χ0) is 31.0. The van der Waals surface area contributed by atoms with Gasteiger partial charge in [0, 0.05) is 50.3 Å². The van der Waals surface area contributed by atoms with Crippen LogP contribution in [0.2, 0.25) is 0 Å². The van der Waals surface area contributed by atoms with Crippen molar-refractivity contribution in [1.29, 1.82) is 0 Å². The summed E-state index contributed by atoms with van der Waals surface area (Å²) < 4.78 is 22.1. The maximum Gasteiger partial charge on any atom is 0.407 e. The number of carboxylic acid groups (broad SMARTS) is 1. The van der Waals surface area contributed by atoms with E-state index in [2.05, 4.69) is 4.98 Å². The quantitative estimate of drug-likeness (QED) is 0.345. The van der Waals surface area contributed by atoms with Gasteiger partial charge >= 0.3 is 6.09 Å². The molecule has 44 heavy (non-hydrogen) atoms. The van der Waals surface area contributed by atoms with E-state index in [1.54, 1.807) is 27.8 Å². The van der Waals surface area contributed by atoms with Gasteiger partial charge in [0.25, 0.3) is 5.56 Å². The number of fused-ring (bicyclic) bond motifs is 1. The molecule has 2 fully saturated rings. The summed E-state index contributed by atoms with van der Waals surface area (Å²) in [4.78, 5) is 46.4. The van der Waals surface area contributed by atoms with Crippen LogP contribution in [0.4, 0.5) is 9.18 Å². The van der Waals surface area contributed by atoms with E-state index in [4.69, 9.17) is 4.74 Å². The van der Waals surface area contributed by atoms with E-state index in [1.165, 1.54) is 35.0 Å². The molecule has 2 aliphatic rings. The number of halogens is 1. The minimum Gasteiger partial charge on any atom is -0.494 e. The van der Waals surface area contributed by atoms with E-state index < -0.39 is 17.5 Å². The predicted octanol–water partition coefficient (Wildman–Crippen LogP) is 3.47. The number of ether oxygens (including phenoxy) is 1. The summed E-state index contributed by atoms with van der Waals surface area (Å²) in [5.74, 6) is -1.08. The molecule has 2 saturated heterocycles. The fourth-order valence-electron chi connectivity index (χ4n) is 6.49. The van der Waals surface area contributed by atoms with Gasteiger partial charge in [-0.05, 0) is 43.0 Å². The topological polar surface area (TPSA) is 130 Å². The molecule has 0 saturated carbocycles. The van der Waals surface area contributed by atoms with Gasteiger partial charge < -0.3 is 29.3 Å². The van der Waals surface area contributed by atoms with Gasteiger partial charge in [0.1, 0.15) is 6.33 Å². The summed E-state index contributed by atoms with van der Waals surface area (Å²) in [5.41, 5.74) is 0.385. The largest absolute Gasteiger partial charge is 0.494 e. The number of carbonyl (C=O) groups is 2. The third kappa shape index (κ3) is 5.52. The van der Waals surface area contributed by atoms with Crippen LogP contribution in [-0.4, -0.2) is 85.0 Å². The molecule has 2 aromatic carbocycles. The van der Waals surface area contributed by atoms with Crippen molar-refractivity contribution in [2.45, 2.75) is 37.3 Å². The van der Waals surface area contributed by atoms with E-state index >= 15 is 0 Å². The Balaban J connectivity index is 1.15. The summed E-state index contributed by atoms with van der Waals surface area (Å²) in [6, 6.07) is 15.5. The first-order valence-electron chi connectivity index (χ1n) is 14.6. The zero-order valence-corrected chi connectivity index (χ0v) is 24.3. The number of amides is 2. The molecule has 12 heteroatoms. The van der Waals surface area contributed by atoms with E-state index in [0.29, 0.717) is 42.8 Å². The molecule has 6 rings (SSSR count). The van der Waals surface area contributed by atoms with Gasteiger partial charge in [-0.1, -0.05) is 30.3 Å². The minimum absolute atomic E-state index is 0.0238. The lowest BCUT2D eigenvalue weighted by Gasteiger charge is -2.42. The standard InChI is InChI=1S/C32H34FN5O6/c1-44-27-17-22(7-8-26(27)33)38-14-10-24-28(38)34-20-37(30(24)40)19-32(43)11-15-35(16-12-32)29(39)23-9-13-36(31(41)42)18-25(23)21-5-3-2-4-6-21/h2-8,10,14,17,20,23,25,43H,9,11-13,15-16,18-19H2,1H3,(H,41,42)/t23-,25+/m1/s1. The summed E-state index contributed by atoms with van der Waals surface area (Å²) in [6.07, 6.45) is 3.08. The highest BCUT2D eigenvalue weighted by molar-refractivity contribution is 5.81. The van der Waals surface area contributed by atoms with Crippen molar-refractivity contribution in [1.82, 2.24) is 23.9 Å². The van der Waals surface area contributed by atoms with Crippen LogP contribution in [0.3, 0.4) is 0 Å². The molecule has 0 aliphatic carbocycles. The van der Waals surface area contributed by atoms with Gasteiger partial charge in [-0.15, -0.1) is 0 Å². The lowest BCUT2D eigenvalue weighted by Crippen LogP contribution is -2.53. The monoisotopic (exact) mass is 603 g/mol. The SMILES string of the molecule is COc1cc(-n2ccc3c(=O)n(CC4(O)CCN(C(=O)[C@@H]5CCN(C(=O)O)C[C@H]5c5ccccc5)CC4)cnc32)ccc1F. The highest BCUT2D eigenvalue weighted by atomic mass is 19.1. The highest BCUT2D eigenvalue weighted by Crippen LogP contribution is 2.35. The van der Waals surface area contributed by atoms with Crippen LogP contribution in [0.5, 0.6) is 5.75 Å². The third-order valence-electron chi connectivity index (χ3n) is 8.98. The third-order valence-corrected chi connectivity index (χ3v) is 8.98. The van der Waals surface area contributed by atoms with E-state index in [-0.39, 0.29) is 55.0 Å². The maximum atomic E-state index is 13.9. The molecule has 0 bridgehead atoms. The van der Waals surface area contributed by atoms with Gasteiger partial charge in [0.2, 0.25) is 5.91 Å². The molecule has 4 heterocycles. The number of likely N-dealkylation sites (tertiary alicyclic amines) is 2. The molecule has 11 nitrogen and oxygen atoms in total. The Labute approximate surface area is 252 Å². The average molecular weight is 604 g/mol. The van der Waals surface area contributed by atoms with Crippen LogP contribution < -0.4 is 10.3 Å². The molecule has 2 aromatic heterocycles. The Hall–Kier alpha value is -4.71. The summed E-state index contributed by atoms with van der Waals surface area (Å²) in [6.45, 7) is 1.21. The van der Waals surface area contributed by atoms with Crippen LogP contribution in [0, 0.1) is 11.7 Å². The first-order valence-corrected chi connectivity index (χ1v) is 14.6. The molecule has 0 spiro atoms. The van der Waals surface area contributed by atoms with Crippen molar-refractivity contribution in [3.63, 3.8) is 0 Å². The van der Waals surface area contributed by atoms with E-state index in [9.17, 15) is 29.0 Å². The number of hydrogen-bond acceptors (Lipinski definition) is 6. The lowest BCUT2D eigenvalue weighted by atomic mass is 9.79. The molecular formula is C32H34FN5O6. The van der Waals surface area contributed by atoms with Gasteiger partial charge in [-0.2, -0.15) is 0 Å². The molecule has 2 aliphatic heterocycles. The number of hydrogen-bond donors (Lipinski definition) is 2. The molecular weight excluding hydrogens is 569 g/mol. The predicted molar refractivity (Wildman–Crippen MR) is 159 cm³/mol. The maximum absolute atomic E-state index is 13.9. The first-order chi connectivity index (χ1) is 21.2. The van der Waals surface area contributed by atoms with Crippen molar-refractivity contribution in [2.24, 2.45) is 5.92 Å². The van der Waals surface area contributed by atoms with Gasteiger partial charge in [-0.3, -0.25) is 14.2 Å². The van der Waals surface area contributed by atoms with Crippen LogP contribution in [0.1, 0.15) is 30.7 Å². The smallest absolute Gasteiger partial charge is 0.407 e. The lowest BCUT2D eigenvalue weighted by molar-refractivity contribution is -0.142.